The topological polar surface area (TPSA) is 9.23 Å². The molecular formula is C12H17ClO. The Bertz CT molecular complexity index is 283. The molecule has 0 aliphatic heterocycles. The fraction of sp³-hybridized carbons (Fsp3) is 0.500. The lowest BCUT2D eigenvalue weighted by molar-refractivity contribution is 0.413. The van der Waals surface area contributed by atoms with Crippen LogP contribution in [0.4, 0.5) is 0 Å². The molecule has 0 saturated carbocycles. The van der Waals surface area contributed by atoms with Crippen molar-refractivity contribution < 1.29 is 4.74 Å². The smallest absolute Gasteiger partial charge is 0.119 e. The van der Waals surface area contributed by atoms with Gasteiger partial charge in [-0.15, -0.1) is 11.6 Å². The maximum Gasteiger partial charge on any atom is 0.119 e. The van der Waals surface area contributed by atoms with Crippen molar-refractivity contribution >= 4 is 11.6 Å². The fourth-order valence-corrected chi connectivity index (χ4v) is 1.42. The highest BCUT2D eigenvalue weighted by Gasteiger charge is 2.09. The molecule has 0 fully saturated rings. The summed E-state index contributed by atoms with van der Waals surface area (Å²) in [5, 5.41) is 0.209. The standard InChI is InChI=1S/C12H17ClO/c1-9(10(2)13)7-11-5-4-6-12(8-11)14-3/h4-6,8-10H,7H2,1-3H3. The van der Waals surface area contributed by atoms with E-state index in [1.807, 2.05) is 19.1 Å². The number of hydrogen-bond acceptors (Lipinski definition) is 1. The molecule has 2 heteroatoms. The van der Waals surface area contributed by atoms with Gasteiger partial charge in [-0.25, -0.2) is 0 Å². The van der Waals surface area contributed by atoms with Crippen LogP contribution in [0.25, 0.3) is 0 Å². The lowest BCUT2D eigenvalue weighted by Gasteiger charge is -2.13. The summed E-state index contributed by atoms with van der Waals surface area (Å²) in [4.78, 5) is 0. The van der Waals surface area contributed by atoms with E-state index in [1.54, 1.807) is 7.11 Å². The molecule has 0 heterocycles. The summed E-state index contributed by atoms with van der Waals surface area (Å²) in [6.07, 6.45) is 1.00. The molecule has 1 aromatic rings. The average Bonchev–Trinajstić information content (AvgIpc) is 2.18. The largest absolute Gasteiger partial charge is 0.497 e. The Morgan fingerprint density at radius 2 is 2.07 bits per heavy atom. The molecule has 0 aliphatic carbocycles. The van der Waals surface area contributed by atoms with Gasteiger partial charge in [0.15, 0.2) is 0 Å². The molecule has 0 bridgehead atoms. The van der Waals surface area contributed by atoms with Crippen LogP contribution in [-0.2, 0) is 6.42 Å². The van der Waals surface area contributed by atoms with Crippen molar-refractivity contribution in [2.45, 2.75) is 25.6 Å². The van der Waals surface area contributed by atoms with Crippen LogP contribution in [0, 0.1) is 5.92 Å². The summed E-state index contributed by atoms with van der Waals surface area (Å²) >= 11 is 6.02. The number of ether oxygens (including phenoxy) is 1. The summed E-state index contributed by atoms with van der Waals surface area (Å²) in [5.74, 6) is 1.40. The van der Waals surface area contributed by atoms with Gasteiger partial charge in [0, 0.05) is 5.38 Å². The summed E-state index contributed by atoms with van der Waals surface area (Å²) < 4.78 is 5.16. The molecule has 0 aromatic heterocycles. The van der Waals surface area contributed by atoms with Crippen molar-refractivity contribution in [3.63, 3.8) is 0 Å². The molecule has 0 N–H and O–H groups in total. The number of rotatable bonds is 4. The van der Waals surface area contributed by atoms with Gasteiger partial charge in [0.2, 0.25) is 0 Å². The van der Waals surface area contributed by atoms with Gasteiger partial charge in [-0.3, -0.25) is 0 Å². The zero-order valence-electron chi connectivity index (χ0n) is 8.96. The van der Waals surface area contributed by atoms with Gasteiger partial charge in [0.1, 0.15) is 5.75 Å². The van der Waals surface area contributed by atoms with Gasteiger partial charge in [-0.1, -0.05) is 19.1 Å². The monoisotopic (exact) mass is 212 g/mol. The van der Waals surface area contributed by atoms with Crippen molar-refractivity contribution in [3.05, 3.63) is 29.8 Å². The minimum atomic E-state index is 0.209. The highest BCUT2D eigenvalue weighted by atomic mass is 35.5. The van der Waals surface area contributed by atoms with Crippen LogP contribution in [0.3, 0.4) is 0 Å². The van der Waals surface area contributed by atoms with Crippen LogP contribution in [0.1, 0.15) is 19.4 Å². The predicted octanol–water partition coefficient (Wildman–Crippen LogP) is 3.50. The van der Waals surface area contributed by atoms with E-state index in [2.05, 4.69) is 19.1 Å². The molecule has 1 nitrogen and oxygen atoms in total. The van der Waals surface area contributed by atoms with Crippen LogP contribution in [0.15, 0.2) is 24.3 Å². The van der Waals surface area contributed by atoms with Gasteiger partial charge in [0.25, 0.3) is 0 Å². The lowest BCUT2D eigenvalue weighted by atomic mass is 9.98. The first kappa shape index (κ1) is 11.4. The zero-order valence-corrected chi connectivity index (χ0v) is 9.71. The minimum absolute atomic E-state index is 0.209. The maximum atomic E-state index is 6.02. The van der Waals surface area contributed by atoms with Gasteiger partial charge in [0.05, 0.1) is 7.11 Å². The third kappa shape index (κ3) is 3.22. The Hall–Kier alpha value is -0.690. The van der Waals surface area contributed by atoms with E-state index in [4.69, 9.17) is 16.3 Å². The van der Waals surface area contributed by atoms with Crippen molar-refractivity contribution in [2.75, 3.05) is 7.11 Å². The Morgan fingerprint density at radius 3 is 2.64 bits per heavy atom. The van der Waals surface area contributed by atoms with Gasteiger partial charge in [-0.05, 0) is 37.0 Å². The Labute approximate surface area is 91.0 Å². The minimum Gasteiger partial charge on any atom is -0.497 e. The van der Waals surface area contributed by atoms with Crippen LogP contribution < -0.4 is 4.74 Å². The maximum absolute atomic E-state index is 6.02. The molecule has 0 amide bonds. The molecule has 0 saturated heterocycles. The van der Waals surface area contributed by atoms with E-state index in [0.717, 1.165) is 12.2 Å². The van der Waals surface area contributed by atoms with Crippen LogP contribution in [0.5, 0.6) is 5.75 Å². The number of methoxy groups -OCH3 is 1. The van der Waals surface area contributed by atoms with Crippen molar-refractivity contribution in [1.82, 2.24) is 0 Å². The SMILES string of the molecule is COc1cccc(CC(C)C(C)Cl)c1. The number of alkyl halides is 1. The third-order valence-electron chi connectivity index (χ3n) is 2.48. The molecule has 0 aliphatic rings. The molecule has 78 valence electrons. The molecule has 1 rings (SSSR count). The first-order chi connectivity index (χ1) is 6.63. The molecular weight excluding hydrogens is 196 g/mol. The van der Waals surface area contributed by atoms with E-state index in [0.29, 0.717) is 5.92 Å². The quantitative estimate of drug-likeness (QED) is 0.695. The Kier molecular flexibility index (Phi) is 4.27. The highest BCUT2D eigenvalue weighted by molar-refractivity contribution is 6.20. The first-order valence-corrected chi connectivity index (χ1v) is 5.34. The highest BCUT2D eigenvalue weighted by Crippen LogP contribution is 2.19. The first-order valence-electron chi connectivity index (χ1n) is 4.90. The van der Waals surface area contributed by atoms with Gasteiger partial charge >= 0.3 is 0 Å². The van der Waals surface area contributed by atoms with Crippen LogP contribution >= 0.6 is 11.6 Å². The van der Waals surface area contributed by atoms with Gasteiger partial charge in [-0.2, -0.15) is 0 Å². The number of halogens is 1. The summed E-state index contributed by atoms with van der Waals surface area (Å²) in [6, 6.07) is 8.14. The lowest BCUT2D eigenvalue weighted by Crippen LogP contribution is -2.10. The van der Waals surface area contributed by atoms with E-state index < -0.39 is 0 Å². The van der Waals surface area contributed by atoms with E-state index in [-0.39, 0.29) is 5.38 Å². The van der Waals surface area contributed by atoms with Crippen molar-refractivity contribution in [1.29, 1.82) is 0 Å². The second-order valence-electron chi connectivity index (χ2n) is 3.71. The third-order valence-corrected chi connectivity index (χ3v) is 2.91. The molecule has 0 spiro atoms. The normalized spacial score (nSPS) is 14.9. The zero-order chi connectivity index (χ0) is 10.6. The van der Waals surface area contributed by atoms with E-state index in [1.165, 1.54) is 5.56 Å². The molecule has 1 aromatic carbocycles. The van der Waals surface area contributed by atoms with Crippen LogP contribution in [-0.4, -0.2) is 12.5 Å². The number of benzene rings is 1. The van der Waals surface area contributed by atoms with Crippen LogP contribution in [0.2, 0.25) is 0 Å². The summed E-state index contributed by atoms with van der Waals surface area (Å²) in [7, 11) is 1.69. The molecule has 14 heavy (non-hydrogen) atoms. The second-order valence-corrected chi connectivity index (χ2v) is 4.40. The van der Waals surface area contributed by atoms with Crippen molar-refractivity contribution in [2.24, 2.45) is 5.92 Å². The number of hydrogen-bond donors (Lipinski definition) is 0. The van der Waals surface area contributed by atoms with E-state index >= 15 is 0 Å². The average molecular weight is 213 g/mol. The Balaban J connectivity index is 2.66. The second kappa shape index (κ2) is 5.26. The summed E-state index contributed by atoms with van der Waals surface area (Å²) in [6.45, 7) is 4.20. The fourth-order valence-electron chi connectivity index (χ4n) is 1.33. The molecule has 2 unspecified atom stereocenters. The van der Waals surface area contributed by atoms with Crippen molar-refractivity contribution in [3.8, 4) is 5.75 Å². The summed E-state index contributed by atoms with van der Waals surface area (Å²) in [5.41, 5.74) is 1.28. The van der Waals surface area contributed by atoms with Gasteiger partial charge < -0.3 is 4.74 Å². The molecule has 0 radical (unpaired) electrons. The predicted molar refractivity (Wildman–Crippen MR) is 61.2 cm³/mol. The van der Waals surface area contributed by atoms with E-state index in [9.17, 15) is 0 Å². The Morgan fingerprint density at radius 1 is 1.36 bits per heavy atom. The molecule has 2 atom stereocenters.